The molecule has 0 saturated heterocycles. The van der Waals surface area contributed by atoms with Crippen LogP contribution in [-0.4, -0.2) is 33.9 Å². The van der Waals surface area contributed by atoms with E-state index < -0.39 is 0 Å². The summed E-state index contributed by atoms with van der Waals surface area (Å²) in [7, 11) is 0. The summed E-state index contributed by atoms with van der Waals surface area (Å²) in [6, 6.07) is 11.8. The number of carbonyl (C=O) groups is 2. The van der Waals surface area contributed by atoms with Crippen LogP contribution in [0.4, 0.5) is 0 Å². The Morgan fingerprint density at radius 1 is 1.12 bits per heavy atom. The first kappa shape index (κ1) is 22.6. The molecule has 6 nitrogen and oxygen atoms in total. The molecule has 0 saturated carbocycles. The Morgan fingerprint density at radius 3 is 2.67 bits per heavy atom. The third-order valence-electron chi connectivity index (χ3n) is 5.94. The summed E-state index contributed by atoms with van der Waals surface area (Å²) in [5.41, 5.74) is 7.02. The number of Topliss-reactive ketones (excluding diaryl/α,β-unsaturated/α-hetero) is 1. The first-order chi connectivity index (χ1) is 15.8. The zero-order chi connectivity index (χ0) is 23.5. The van der Waals surface area contributed by atoms with Crippen LogP contribution in [0.2, 0.25) is 0 Å². The minimum atomic E-state index is -0.0645. The maximum Gasteiger partial charge on any atom is 0.251 e. The molecule has 0 radical (unpaired) electrons. The summed E-state index contributed by atoms with van der Waals surface area (Å²) < 4.78 is 0. The number of nitrogens with one attached hydrogen (secondary N) is 2. The van der Waals surface area contributed by atoms with Crippen LogP contribution in [0.1, 0.15) is 56.5 Å². The third-order valence-corrected chi connectivity index (χ3v) is 5.94. The number of fused-ring (bicyclic) bond motifs is 1. The van der Waals surface area contributed by atoms with Crippen LogP contribution >= 0.6 is 0 Å². The van der Waals surface area contributed by atoms with Gasteiger partial charge in [-0.05, 0) is 73.6 Å². The minimum absolute atomic E-state index is 0.0645. The first-order valence-corrected chi connectivity index (χ1v) is 11.5. The van der Waals surface area contributed by atoms with Crippen LogP contribution in [0.5, 0.6) is 0 Å². The van der Waals surface area contributed by atoms with Crippen LogP contribution in [-0.2, 0) is 11.2 Å². The lowest BCUT2D eigenvalue weighted by atomic mass is 9.97. The quantitative estimate of drug-likeness (QED) is 0.474. The molecule has 0 spiro atoms. The topological polar surface area (TPSA) is 87.2 Å². The molecule has 0 atom stereocenters. The zero-order valence-electron chi connectivity index (χ0n) is 19.7. The standard InChI is InChI=1S/C27H30N4O2/c1-16(2)14-29-27(33)21-9-6-8-20(12-21)23-13-22-11-19(15-28-26(22)31-23)7-5-10-24(32)25-17(3)18(4)30-25/h6,8-9,11-13,15-16H,5,7,10,14H2,1-4H3,(H,28,31)(H,29,33). The predicted octanol–water partition coefficient (Wildman–Crippen LogP) is 5.26. The number of aromatic amines is 1. The largest absolute Gasteiger partial charge is 0.352 e. The molecule has 1 aliphatic heterocycles. The summed E-state index contributed by atoms with van der Waals surface area (Å²) in [5, 5.41) is 3.98. The number of aliphatic imine (C=N–C) groups is 1. The van der Waals surface area contributed by atoms with Crippen molar-refractivity contribution in [2.45, 2.75) is 47.0 Å². The number of allylic oxidation sites excluding steroid dienone is 2. The van der Waals surface area contributed by atoms with Gasteiger partial charge in [0, 0.05) is 41.5 Å². The lowest BCUT2D eigenvalue weighted by molar-refractivity contribution is -0.113. The lowest BCUT2D eigenvalue weighted by Crippen LogP contribution is -2.27. The summed E-state index contributed by atoms with van der Waals surface area (Å²) in [6.07, 6.45) is 3.91. The van der Waals surface area contributed by atoms with E-state index >= 15 is 0 Å². The Morgan fingerprint density at radius 2 is 1.94 bits per heavy atom. The number of carbonyl (C=O) groups excluding carboxylic acids is 2. The Kier molecular flexibility index (Phi) is 6.54. The molecule has 2 aromatic heterocycles. The van der Waals surface area contributed by atoms with Gasteiger partial charge in [0.25, 0.3) is 5.91 Å². The molecule has 0 unspecified atom stereocenters. The van der Waals surface area contributed by atoms with Crippen molar-refractivity contribution in [2.75, 3.05) is 6.54 Å². The number of aromatic nitrogens is 2. The van der Waals surface area contributed by atoms with Gasteiger partial charge < -0.3 is 10.3 Å². The SMILES string of the molecule is CC1=C(C)C(C(=O)CCCc2cnc3[nH]c(-c4cccc(C(=O)NCC(C)C)c4)cc3c2)=N1. The highest BCUT2D eigenvalue weighted by Crippen LogP contribution is 2.25. The number of ketones is 1. The molecule has 6 heteroatoms. The molecular formula is C27H30N4O2. The fraction of sp³-hybridized carbons (Fsp3) is 0.333. The molecule has 2 N–H and O–H groups in total. The lowest BCUT2D eigenvalue weighted by Gasteiger charge is -2.16. The van der Waals surface area contributed by atoms with E-state index in [0.29, 0.717) is 30.2 Å². The van der Waals surface area contributed by atoms with Crippen LogP contribution in [0, 0.1) is 5.92 Å². The van der Waals surface area contributed by atoms with Crippen LogP contribution in [0.25, 0.3) is 22.3 Å². The van der Waals surface area contributed by atoms with Crippen molar-refractivity contribution in [3.8, 4) is 11.3 Å². The van der Waals surface area contributed by atoms with Gasteiger partial charge in [0.1, 0.15) is 11.4 Å². The van der Waals surface area contributed by atoms with E-state index in [1.165, 1.54) is 0 Å². The Labute approximate surface area is 194 Å². The van der Waals surface area contributed by atoms with E-state index in [2.05, 4.69) is 46.3 Å². The number of rotatable bonds is 9. The van der Waals surface area contributed by atoms with Gasteiger partial charge in [0.05, 0.1) is 0 Å². The first-order valence-electron chi connectivity index (χ1n) is 11.5. The maximum atomic E-state index is 12.4. The molecular weight excluding hydrogens is 412 g/mol. The number of hydrogen-bond acceptors (Lipinski definition) is 4. The minimum Gasteiger partial charge on any atom is -0.352 e. The second-order valence-electron chi connectivity index (χ2n) is 9.10. The fourth-order valence-corrected chi connectivity index (χ4v) is 3.88. The molecule has 0 aliphatic carbocycles. The molecule has 1 aromatic carbocycles. The molecule has 3 heterocycles. The van der Waals surface area contributed by atoms with Gasteiger partial charge in [0.15, 0.2) is 5.78 Å². The normalized spacial score (nSPS) is 13.3. The summed E-state index contributed by atoms with van der Waals surface area (Å²) >= 11 is 0. The van der Waals surface area contributed by atoms with E-state index in [4.69, 9.17) is 0 Å². The van der Waals surface area contributed by atoms with E-state index in [9.17, 15) is 9.59 Å². The highest BCUT2D eigenvalue weighted by molar-refractivity contribution is 6.48. The Balaban J connectivity index is 1.42. The summed E-state index contributed by atoms with van der Waals surface area (Å²) in [4.78, 5) is 36.9. The number of benzene rings is 1. The van der Waals surface area contributed by atoms with Crippen molar-refractivity contribution in [3.63, 3.8) is 0 Å². The van der Waals surface area contributed by atoms with Crippen LogP contribution < -0.4 is 5.32 Å². The van der Waals surface area contributed by atoms with Crippen LogP contribution in [0.3, 0.4) is 0 Å². The molecule has 4 rings (SSSR count). The number of H-pyrrole nitrogens is 1. The summed E-state index contributed by atoms with van der Waals surface area (Å²) in [5.74, 6) is 0.458. The Bertz CT molecular complexity index is 1280. The smallest absolute Gasteiger partial charge is 0.251 e. The molecule has 1 aliphatic rings. The van der Waals surface area contributed by atoms with Gasteiger partial charge in [-0.25, -0.2) is 9.98 Å². The molecule has 1 amide bonds. The van der Waals surface area contributed by atoms with E-state index in [-0.39, 0.29) is 11.7 Å². The highest BCUT2D eigenvalue weighted by atomic mass is 16.1. The third kappa shape index (κ3) is 5.11. The average molecular weight is 443 g/mol. The van der Waals surface area contributed by atoms with E-state index in [0.717, 1.165) is 52.0 Å². The second kappa shape index (κ2) is 9.53. The fourth-order valence-electron chi connectivity index (χ4n) is 3.88. The zero-order valence-corrected chi connectivity index (χ0v) is 19.7. The van der Waals surface area contributed by atoms with Gasteiger partial charge in [-0.3, -0.25) is 9.59 Å². The Hall–Kier alpha value is -3.54. The van der Waals surface area contributed by atoms with Crippen molar-refractivity contribution in [1.29, 1.82) is 0 Å². The number of hydrogen-bond donors (Lipinski definition) is 2. The highest BCUT2D eigenvalue weighted by Gasteiger charge is 2.21. The molecule has 33 heavy (non-hydrogen) atoms. The molecule has 0 fully saturated rings. The van der Waals surface area contributed by atoms with Crippen molar-refractivity contribution in [2.24, 2.45) is 10.9 Å². The van der Waals surface area contributed by atoms with E-state index in [1.54, 1.807) is 0 Å². The van der Waals surface area contributed by atoms with Crippen LogP contribution in [0.15, 0.2) is 58.9 Å². The monoisotopic (exact) mass is 442 g/mol. The average Bonchev–Trinajstić information content (AvgIpc) is 3.24. The van der Waals surface area contributed by atoms with Crippen molar-refractivity contribution >= 4 is 28.4 Å². The van der Waals surface area contributed by atoms with Crippen molar-refractivity contribution in [1.82, 2.24) is 15.3 Å². The molecule has 0 bridgehead atoms. The van der Waals surface area contributed by atoms with Gasteiger partial charge in [-0.1, -0.05) is 26.0 Å². The van der Waals surface area contributed by atoms with Crippen molar-refractivity contribution in [3.05, 3.63) is 65.0 Å². The van der Waals surface area contributed by atoms with Gasteiger partial charge in [0.2, 0.25) is 0 Å². The maximum absolute atomic E-state index is 12.4. The van der Waals surface area contributed by atoms with Gasteiger partial charge >= 0.3 is 0 Å². The predicted molar refractivity (Wildman–Crippen MR) is 132 cm³/mol. The van der Waals surface area contributed by atoms with Gasteiger partial charge in [-0.15, -0.1) is 0 Å². The number of aryl methyl sites for hydroxylation is 1. The number of amides is 1. The van der Waals surface area contributed by atoms with Gasteiger partial charge in [-0.2, -0.15) is 0 Å². The number of pyridine rings is 1. The molecule has 3 aromatic rings. The summed E-state index contributed by atoms with van der Waals surface area (Å²) in [6.45, 7) is 8.67. The number of nitrogens with zero attached hydrogens (tertiary/aromatic N) is 2. The van der Waals surface area contributed by atoms with Crippen molar-refractivity contribution < 1.29 is 9.59 Å². The van der Waals surface area contributed by atoms with E-state index in [1.807, 2.05) is 44.3 Å². The molecule has 170 valence electrons. The second-order valence-corrected chi connectivity index (χ2v) is 9.10.